The largest absolute Gasteiger partial charge is 0.456 e. The first-order valence-electron chi connectivity index (χ1n) is 21.7. The van der Waals surface area contributed by atoms with E-state index in [-0.39, 0.29) is 0 Å². The van der Waals surface area contributed by atoms with Gasteiger partial charge in [-0.15, -0.1) is 0 Å². The number of fused-ring (bicyclic) bond motifs is 13. The van der Waals surface area contributed by atoms with Gasteiger partial charge in [0.1, 0.15) is 11.2 Å². The van der Waals surface area contributed by atoms with Gasteiger partial charge in [0.15, 0.2) is 0 Å². The molecule has 0 N–H and O–H groups in total. The highest BCUT2D eigenvalue weighted by Gasteiger charge is 2.51. The van der Waals surface area contributed by atoms with Crippen LogP contribution in [0.5, 0.6) is 0 Å². The minimum absolute atomic E-state index is 0.399. The van der Waals surface area contributed by atoms with Crippen LogP contribution < -0.4 is 4.90 Å². The van der Waals surface area contributed by atoms with E-state index in [9.17, 15) is 0 Å². The SMILES string of the molecule is c1ccc(-c2cccc(N(c3ccccc3)c3ccc(-c4ccc5oc6ccccc6c5c4)c(-c4ccc5c(c4)-c4ccccc4C54c5ccccc5-c5ccccc54)c3)c2)cc1. The summed E-state index contributed by atoms with van der Waals surface area (Å²) in [7, 11) is 0. The van der Waals surface area contributed by atoms with Crippen molar-refractivity contribution < 1.29 is 4.42 Å². The van der Waals surface area contributed by atoms with Crippen molar-refractivity contribution in [1.29, 1.82) is 0 Å². The fourth-order valence-electron chi connectivity index (χ4n) is 10.8. The summed E-state index contributed by atoms with van der Waals surface area (Å²) in [6.45, 7) is 0. The standard InChI is InChI=1S/C61H39NO/c1-3-16-40(17-4-1)41-18-15-21-45(36-41)62(44-19-5-2-6-20-44)46-32-33-47(42-31-35-60-54(38-42)51-25-10-14-29-59(51)63-60)52(39-46)43-30-34-58-53(37-43)50-24-9-13-28-57(50)61(58)55-26-11-7-22-48(55)49-23-8-12-27-56(49)61/h1-39H. The highest BCUT2D eigenvalue weighted by Crippen LogP contribution is 2.63. The van der Waals surface area contributed by atoms with Crippen LogP contribution in [0.1, 0.15) is 22.3 Å². The van der Waals surface area contributed by atoms with E-state index in [1.54, 1.807) is 0 Å². The van der Waals surface area contributed by atoms with E-state index in [1.807, 2.05) is 6.07 Å². The maximum Gasteiger partial charge on any atom is 0.135 e. The predicted octanol–water partition coefficient (Wildman–Crippen LogP) is 16.4. The minimum Gasteiger partial charge on any atom is -0.456 e. The molecule has 2 nitrogen and oxygen atoms in total. The molecule has 0 unspecified atom stereocenters. The lowest BCUT2D eigenvalue weighted by molar-refractivity contribution is 0.669. The van der Waals surface area contributed by atoms with Crippen molar-refractivity contribution in [1.82, 2.24) is 0 Å². The summed E-state index contributed by atoms with van der Waals surface area (Å²) < 4.78 is 6.32. The van der Waals surface area contributed by atoms with Crippen LogP contribution in [-0.4, -0.2) is 0 Å². The lowest BCUT2D eigenvalue weighted by Gasteiger charge is -2.30. The molecule has 0 radical (unpaired) electrons. The van der Waals surface area contributed by atoms with Gasteiger partial charge in [-0.2, -0.15) is 0 Å². The van der Waals surface area contributed by atoms with Crippen molar-refractivity contribution in [3.8, 4) is 55.6 Å². The zero-order valence-corrected chi connectivity index (χ0v) is 34.4. The second kappa shape index (κ2) is 13.9. The minimum atomic E-state index is -0.399. The molecule has 2 heteroatoms. The van der Waals surface area contributed by atoms with Crippen molar-refractivity contribution >= 4 is 39.0 Å². The van der Waals surface area contributed by atoms with Crippen molar-refractivity contribution in [3.05, 3.63) is 259 Å². The van der Waals surface area contributed by atoms with Gasteiger partial charge in [-0.3, -0.25) is 0 Å². The van der Waals surface area contributed by atoms with E-state index >= 15 is 0 Å². The summed E-state index contributed by atoms with van der Waals surface area (Å²) in [6, 6.07) is 86.6. The van der Waals surface area contributed by atoms with Gasteiger partial charge in [0.25, 0.3) is 0 Å². The van der Waals surface area contributed by atoms with Gasteiger partial charge < -0.3 is 9.32 Å². The van der Waals surface area contributed by atoms with Gasteiger partial charge in [-0.25, -0.2) is 0 Å². The molecule has 63 heavy (non-hydrogen) atoms. The molecule has 0 saturated carbocycles. The molecule has 1 heterocycles. The highest BCUT2D eigenvalue weighted by atomic mass is 16.3. The number of hydrogen-bond donors (Lipinski definition) is 0. The van der Waals surface area contributed by atoms with E-state index in [0.29, 0.717) is 0 Å². The molecule has 294 valence electrons. The Bertz CT molecular complexity index is 3540. The first-order valence-corrected chi connectivity index (χ1v) is 21.7. The first kappa shape index (κ1) is 35.5. The van der Waals surface area contributed by atoms with Crippen LogP contribution in [0.2, 0.25) is 0 Å². The molecular weight excluding hydrogens is 763 g/mol. The molecule has 10 aromatic carbocycles. The number of hydrogen-bond acceptors (Lipinski definition) is 2. The molecule has 0 atom stereocenters. The zero-order chi connectivity index (χ0) is 41.5. The van der Waals surface area contributed by atoms with Crippen LogP contribution in [-0.2, 0) is 5.41 Å². The lowest BCUT2D eigenvalue weighted by atomic mass is 9.70. The molecular formula is C61H39NO. The normalized spacial score (nSPS) is 12.9. The molecule has 0 amide bonds. The van der Waals surface area contributed by atoms with Crippen molar-refractivity contribution in [2.24, 2.45) is 0 Å². The quantitative estimate of drug-likeness (QED) is 0.167. The molecule has 0 fully saturated rings. The Balaban J connectivity index is 1.05. The fourth-order valence-corrected chi connectivity index (χ4v) is 10.8. The number of benzene rings is 10. The van der Waals surface area contributed by atoms with E-state index in [1.165, 1.54) is 61.2 Å². The van der Waals surface area contributed by atoms with Crippen LogP contribution in [0.25, 0.3) is 77.6 Å². The summed E-state index contributed by atoms with van der Waals surface area (Å²) in [5, 5.41) is 2.24. The number of para-hydroxylation sites is 2. The number of rotatable bonds is 6. The van der Waals surface area contributed by atoms with Crippen LogP contribution in [0, 0.1) is 0 Å². The van der Waals surface area contributed by atoms with Crippen LogP contribution >= 0.6 is 0 Å². The lowest BCUT2D eigenvalue weighted by Crippen LogP contribution is -2.25. The molecule has 13 rings (SSSR count). The van der Waals surface area contributed by atoms with Crippen LogP contribution in [0.15, 0.2) is 241 Å². The summed E-state index contributed by atoms with van der Waals surface area (Å²) in [6.07, 6.45) is 0. The molecule has 0 bridgehead atoms. The van der Waals surface area contributed by atoms with E-state index in [2.05, 4.69) is 235 Å². The molecule has 1 aromatic heterocycles. The molecule has 1 spiro atoms. The van der Waals surface area contributed by atoms with Crippen molar-refractivity contribution in [2.75, 3.05) is 4.90 Å². The second-order valence-electron chi connectivity index (χ2n) is 16.8. The van der Waals surface area contributed by atoms with E-state index in [4.69, 9.17) is 4.42 Å². The Morgan fingerprint density at radius 1 is 0.270 bits per heavy atom. The third kappa shape index (κ3) is 5.32. The van der Waals surface area contributed by atoms with Gasteiger partial charge in [0.05, 0.1) is 5.41 Å². The van der Waals surface area contributed by atoms with E-state index in [0.717, 1.165) is 55.7 Å². The number of anilines is 3. The molecule has 2 aliphatic carbocycles. The van der Waals surface area contributed by atoms with Gasteiger partial charge in [0.2, 0.25) is 0 Å². The average molecular weight is 802 g/mol. The van der Waals surface area contributed by atoms with Gasteiger partial charge in [-0.1, -0.05) is 176 Å². The topological polar surface area (TPSA) is 16.4 Å². The van der Waals surface area contributed by atoms with Crippen molar-refractivity contribution in [2.45, 2.75) is 5.41 Å². The Labute approximate surface area is 366 Å². The van der Waals surface area contributed by atoms with Gasteiger partial charge >= 0.3 is 0 Å². The maximum atomic E-state index is 6.32. The zero-order valence-electron chi connectivity index (χ0n) is 34.4. The Morgan fingerprint density at radius 3 is 1.56 bits per heavy atom. The predicted molar refractivity (Wildman–Crippen MR) is 261 cm³/mol. The Morgan fingerprint density at radius 2 is 0.810 bits per heavy atom. The fraction of sp³-hybridized carbons (Fsp3) is 0.0164. The van der Waals surface area contributed by atoms with E-state index < -0.39 is 5.41 Å². The Kier molecular flexibility index (Phi) is 7.85. The molecule has 2 aliphatic rings. The molecule has 0 saturated heterocycles. The van der Waals surface area contributed by atoms with Crippen molar-refractivity contribution in [3.63, 3.8) is 0 Å². The van der Waals surface area contributed by atoms with Gasteiger partial charge in [-0.05, 0) is 139 Å². The van der Waals surface area contributed by atoms with Gasteiger partial charge in [0, 0.05) is 27.8 Å². The van der Waals surface area contributed by atoms with Crippen LogP contribution in [0.3, 0.4) is 0 Å². The highest BCUT2D eigenvalue weighted by molar-refractivity contribution is 6.07. The summed E-state index contributed by atoms with van der Waals surface area (Å²) in [5.74, 6) is 0. The van der Waals surface area contributed by atoms with Crippen LogP contribution in [0.4, 0.5) is 17.1 Å². The third-order valence-corrected chi connectivity index (χ3v) is 13.5. The summed E-state index contributed by atoms with van der Waals surface area (Å²) in [4.78, 5) is 2.39. The first-order chi connectivity index (χ1) is 31.2. The summed E-state index contributed by atoms with van der Waals surface area (Å²) in [5.41, 5.74) is 22.2. The number of nitrogens with zero attached hydrogens (tertiary/aromatic N) is 1. The maximum absolute atomic E-state index is 6.32. The Hall–Kier alpha value is -8.20. The monoisotopic (exact) mass is 801 g/mol. The second-order valence-corrected chi connectivity index (χ2v) is 16.8. The molecule has 0 aliphatic heterocycles. The smallest absolute Gasteiger partial charge is 0.135 e. The number of furan rings is 1. The summed E-state index contributed by atoms with van der Waals surface area (Å²) >= 11 is 0. The average Bonchev–Trinajstić information content (AvgIpc) is 3.98. The third-order valence-electron chi connectivity index (χ3n) is 13.5. The molecule has 11 aromatic rings.